The van der Waals surface area contributed by atoms with Crippen molar-refractivity contribution in [2.75, 3.05) is 14.2 Å². The van der Waals surface area contributed by atoms with Crippen LogP contribution in [0.5, 0.6) is 0 Å². The Morgan fingerprint density at radius 3 is 2.08 bits per heavy atom. The Bertz CT molecular complexity index is 1140. The summed E-state index contributed by atoms with van der Waals surface area (Å²) >= 11 is 0. The van der Waals surface area contributed by atoms with Gasteiger partial charge in [0.1, 0.15) is 29.7 Å². The number of hydrogen-bond donors (Lipinski definition) is 6. The van der Waals surface area contributed by atoms with E-state index in [0.29, 0.717) is 6.42 Å². The zero-order valence-corrected chi connectivity index (χ0v) is 32.0. The van der Waals surface area contributed by atoms with E-state index in [1.807, 2.05) is 6.92 Å². The molecule has 3 saturated heterocycles. The zero-order valence-electron chi connectivity index (χ0n) is 32.0. The fourth-order valence-electron chi connectivity index (χ4n) is 8.21. The quantitative estimate of drug-likeness (QED) is 0.206. The molecule has 50 heavy (non-hydrogen) atoms. The molecule has 6 N–H and O–H groups in total. The van der Waals surface area contributed by atoms with Gasteiger partial charge in [-0.25, -0.2) is 0 Å². The number of methoxy groups -OCH3 is 1. The number of ether oxygens (including phenoxy) is 6. The number of rotatable bonds is 7. The maximum Gasteiger partial charge on any atom is 0.311 e. The Balaban J connectivity index is 2.17. The molecule has 0 amide bonds. The summed E-state index contributed by atoms with van der Waals surface area (Å²) in [5.74, 6) is -4.98. The summed E-state index contributed by atoms with van der Waals surface area (Å²) in [6.07, 6.45) is -9.76. The van der Waals surface area contributed by atoms with Crippen molar-refractivity contribution in [3.8, 4) is 0 Å². The van der Waals surface area contributed by atoms with Crippen LogP contribution in [0, 0.1) is 23.7 Å². The van der Waals surface area contributed by atoms with Gasteiger partial charge in [-0.3, -0.25) is 9.59 Å². The van der Waals surface area contributed by atoms with Gasteiger partial charge < -0.3 is 59.3 Å². The minimum atomic E-state index is -1.99. The molecule has 0 radical (unpaired) electrons. The van der Waals surface area contributed by atoms with Crippen molar-refractivity contribution in [1.29, 1.82) is 0 Å². The van der Waals surface area contributed by atoms with Gasteiger partial charge in [-0.05, 0) is 67.9 Å². The molecule has 14 heteroatoms. The maximum absolute atomic E-state index is 14.0. The highest BCUT2D eigenvalue weighted by atomic mass is 16.7. The van der Waals surface area contributed by atoms with Gasteiger partial charge in [0.15, 0.2) is 12.6 Å². The largest absolute Gasteiger partial charge is 0.459 e. The number of nitrogens with one attached hydrogen (secondary N) is 1. The van der Waals surface area contributed by atoms with Crippen molar-refractivity contribution in [2.45, 2.75) is 179 Å². The van der Waals surface area contributed by atoms with Crippen LogP contribution in [0.2, 0.25) is 0 Å². The number of esters is 1. The van der Waals surface area contributed by atoms with Crippen molar-refractivity contribution < 1.29 is 63.5 Å². The lowest BCUT2D eigenvalue weighted by atomic mass is 9.74. The van der Waals surface area contributed by atoms with Gasteiger partial charge >= 0.3 is 5.97 Å². The van der Waals surface area contributed by atoms with E-state index in [4.69, 9.17) is 28.4 Å². The Kier molecular flexibility index (Phi) is 14.5. The maximum atomic E-state index is 14.0. The first-order valence-electron chi connectivity index (χ1n) is 18.1. The van der Waals surface area contributed by atoms with E-state index in [9.17, 15) is 35.1 Å². The van der Waals surface area contributed by atoms with Crippen molar-refractivity contribution in [1.82, 2.24) is 5.32 Å². The molecule has 0 aromatic rings. The lowest BCUT2D eigenvalue weighted by Gasteiger charge is -2.48. The van der Waals surface area contributed by atoms with Crippen molar-refractivity contribution in [3.63, 3.8) is 0 Å². The monoisotopic (exact) mass is 719 g/mol. The second kappa shape index (κ2) is 16.8. The molecule has 3 aliphatic heterocycles. The molecule has 292 valence electrons. The summed E-state index contributed by atoms with van der Waals surface area (Å²) in [5.41, 5.74) is -4.84. The van der Waals surface area contributed by atoms with Crippen molar-refractivity contribution >= 4 is 11.8 Å². The van der Waals surface area contributed by atoms with Crippen molar-refractivity contribution in [2.24, 2.45) is 23.7 Å². The molecular formula is C36H65NO13. The molecule has 5 unspecified atom stereocenters. The molecule has 3 rings (SSSR count). The first-order valence-corrected chi connectivity index (χ1v) is 18.1. The van der Waals surface area contributed by atoms with Crippen LogP contribution in [0.3, 0.4) is 0 Å². The van der Waals surface area contributed by atoms with Crippen LogP contribution >= 0.6 is 0 Å². The minimum Gasteiger partial charge on any atom is -0.459 e. The van der Waals surface area contributed by atoms with E-state index in [-0.39, 0.29) is 31.4 Å². The predicted molar refractivity (Wildman–Crippen MR) is 182 cm³/mol. The molecule has 3 aliphatic rings. The summed E-state index contributed by atoms with van der Waals surface area (Å²) in [6, 6.07) is -0.375. The van der Waals surface area contributed by atoms with Crippen molar-refractivity contribution in [3.05, 3.63) is 0 Å². The van der Waals surface area contributed by atoms with Crippen LogP contribution in [0.4, 0.5) is 0 Å². The fourth-order valence-corrected chi connectivity index (χ4v) is 8.21. The van der Waals surface area contributed by atoms with Crippen LogP contribution in [-0.2, 0) is 38.0 Å². The number of aliphatic hydroxyl groups is 5. The number of cyclic esters (lactones) is 1. The fraction of sp³-hybridized carbons (Fsp3) is 0.944. The molecule has 18 atom stereocenters. The van der Waals surface area contributed by atoms with Gasteiger partial charge in [-0.1, -0.05) is 27.7 Å². The summed E-state index contributed by atoms with van der Waals surface area (Å²) in [4.78, 5) is 27.8. The van der Waals surface area contributed by atoms with E-state index in [0.717, 1.165) is 0 Å². The molecule has 0 aromatic heterocycles. The summed E-state index contributed by atoms with van der Waals surface area (Å²) in [6.45, 7) is 16.3. The number of hydrogen-bond acceptors (Lipinski definition) is 14. The number of carbonyl (C=O) groups is 2. The first-order chi connectivity index (χ1) is 23.1. The molecule has 0 aromatic carbocycles. The van der Waals surface area contributed by atoms with Crippen LogP contribution < -0.4 is 5.32 Å². The third-order valence-electron chi connectivity index (χ3n) is 11.6. The summed E-state index contributed by atoms with van der Waals surface area (Å²) in [5, 5.41) is 60.4. The molecule has 0 aliphatic carbocycles. The molecule has 3 fully saturated rings. The Hall–Kier alpha value is -1.30. The van der Waals surface area contributed by atoms with Crippen LogP contribution in [-0.4, -0.2) is 136 Å². The normalized spacial score (nSPS) is 50.4. The van der Waals surface area contributed by atoms with E-state index >= 15 is 0 Å². The number of Topliss-reactive ketones (excluding diaryl/α,β-unsaturated/α-hetero) is 1. The second-order valence-corrected chi connectivity index (χ2v) is 15.8. The number of aliphatic hydroxyl groups excluding tert-OH is 3. The van der Waals surface area contributed by atoms with Gasteiger partial charge in [-0.2, -0.15) is 0 Å². The zero-order chi connectivity index (χ0) is 38.1. The number of ketones is 1. The highest BCUT2D eigenvalue weighted by Crippen LogP contribution is 2.40. The summed E-state index contributed by atoms with van der Waals surface area (Å²) in [7, 11) is 3.20. The van der Waals surface area contributed by atoms with Gasteiger partial charge in [-0.15, -0.1) is 0 Å². The lowest BCUT2D eigenvalue weighted by Crippen LogP contribution is -2.61. The summed E-state index contributed by atoms with van der Waals surface area (Å²) < 4.78 is 36.9. The van der Waals surface area contributed by atoms with Crippen LogP contribution in [0.25, 0.3) is 0 Å². The lowest BCUT2D eigenvalue weighted by molar-refractivity contribution is -0.316. The Morgan fingerprint density at radius 1 is 0.900 bits per heavy atom. The van der Waals surface area contributed by atoms with E-state index < -0.39 is 108 Å². The highest BCUT2D eigenvalue weighted by molar-refractivity contribution is 5.83. The number of carbonyl (C=O) groups excluding carboxylic acids is 2. The third-order valence-corrected chi connectivity index (χ3v) is 11.6. The van der Waals surface area contributed by atoms with Crippen LogP contribution in [0.15, 0.2) is 0 Å². The highest BCUT2D eigenvalue weighted by Gasteiger charge is 2.53. The Morgan fingerprint density at radius 2 is 1.52 bits per heavy atom. The molecule has 0 bridgehead atoms. The smallest absolute Gasteiger partial charge is 0.311 e. The van der Waals surface area contributed by atoms with Gasteiger partial charge in [0.2, 0.25) is 0 Å². The second-order valence-electron chi connectivity index (χ2n) is 15.8. The standard InChI is InChI=1S/C36H65NO13/c1-13-24-36(10,44)29(40)19(4)26(38)17(2)15-34(8,43)31(50-33-27(39)23(37-11)14-18(3)46-33)20(5)28(21(6)32(42)48-24)49-25-16-35(9,45-12)30(41)22(7)47-25/h17-25,27-31,33,37,39-41,43-44H,13-16H2,1-12H3/t17-,18+,19+,20+,21-,22+,23+,24?,25?,27-,28?,29?,30+,31?,33-,34-,35-,36-/m1/s1. The van der Waals surface area contributed by atoms with E-state index in [1.54, 1.807) is 48.6 Å². The van der Waals surface area contributed by atoms with Gasteiger partial charge in [0, 0.05) is 37.3 Å². The predicted octanol–water partition coefficient (Wildman–Crippen LogP) is 1.44. The van der Waals surface area contributed by atoms with E-state index in [2.05, 4.69) is 5.32 Å². The van der Waals surface area contributed by atoms with E-state index in [1.165, 1.54) is 27.9 Å². The average molecular weight is 720 g/mol. The third kappa shape index (κ3) is 9.07. The first kappa shape index (κ1) is 43.1. The Labute approximate surface area is 297 Å². The van der Waals surface area contributed by atoms with Crippen LogP contribution in [0.1, 0.15) is 94.9 Å². The topological polar surface area (TPSA) is 203 Å². The molecular weight excluding hydrogens is 654 g/mol. The van der Waals surface area contributed by atoms with Gasteiger partial charge in [0.25, 0.3) is 0 Å². The molecule has 14 nitrogen and oxygen atoms in total. The molecule has 0 saturated carbocycles. The van der Waals surface area contributed by atoms with Gasteiger partial charge in [0.05, 0.1) is 47.6 Å². The number of likely N-dealkylation sites (N-methyl/N-ethyl adjacent to an activating group) is 1. The molecule has 0 spiro atoms. The average Bonchev–Trinajstić information content (AvgIpc) is 3.05. The minimum absolute atomic E-state index is 0.0929. The molecule has 3 heterocycles. The SMILES string of the molecule is CCC1OC(=O)[C@H](C)C(OC2C[C@@](C)(OC)[C@@H](O)[C@H](C)O2)[C@H](C)C(O[C@H]2O[C@@H](C)C[C@H](NC)[C@H]2O)[C@](C)(O)C[C@@H](C)C(=O)[C@H](C)C(O)[C@]1(C)O.